The van der Waals surface area contributed by atoms with Gasteiger partial charge in [0.15, 0.2) is 0 Å². The van der Waals surface area contributed by atoms with Gasteiger partial charge in [-0.1, -0.05) is 6.07 Å². The van der Waals surface area contributed by atoms with Gasteiger partial charge in [-0.2, -0.15) is 0 Å². The number of nitrogens with two attached hydrogens (primary N) is 1. The molecule has 0 saturated carbocycles. The summed E-state index contributed by atoms with van der Waals surface area (Å²) < 4.78 is 11.1. The van der Waals surface area contributed by atoms with E-state index in [-0.39, 0.29) is 18.3 Å². The van der Waals surface area contributed by atoms with Crippen LogP contribution in [0.5, 0.6) is 5.75 Å². The molecule has 0 aromatic heterocycles. The summed E-state index contributed by atoms with van der Waals surface area (Å²) in [5.74, 6) is 0.830. The molecule has 0 radical (unpaired) electrons. The normalized spacial score (nSPS) is 22.2. The number of rotatable bonds is 5. The lowest BCUT2D eigenvalue weighted by molar-refractivity contribution is -0.150. The Labute approximate surface area is 126 Å². The fourth-order valence-corrected chi connectivity index (χ4v) is 2.98. The van der Waals surface area contributed by atoms with Gasteiger partial charge in [-0.3, -0.25) is 4.90 Å². The van der Waals surface area contributed by atoms with E-state index in [0.717, 1.165) is 30.9 Å². The van der Waals surface area contributed by atoms with Crippen molar-refractivity contribution in [3.05, 3.63) is 29.3 Å². The fraction of sp³-hybridized carbons (Fsp3) is 0.625. The SMILES string of the molecule is COc1ccc(CN2CC(CO)OC(C)(C)C2)cc1CN. The molecule has 21 heavy (non-hydrogen) atoms. The van der Waals surface area contributed by atoms with Crippen LogP contribution in [0.15, 0.2) is 18.2 Å². The van der Waals surface area contributed by atoms with Crippen molar-refractivity contribution in [3.63, 3.8) is 0 Å². The first-order valence-corrected chi connectivity index (χ1v) is 7.34. The lowest BCUT2D eigenvalue weighted by Crippen LogP contribution is -2.53. The molecule has 0 spiro atoms. The Balaban J connectivity index is 2.10. The summed E-state index contributed by atoms with van der Waals surface area (Å²) in [6, 6.07) is 6.12. The molecule has 118 valence electrons. The van der Waals surface area contributed by atoms with E-state index in [1.807, 2.05) is 6.07 Å². The molecule has 0 bridgehead atoms. The number of benzene rings is 1. The molecule has 1 aromatic carbocycles. The average Bonchev–Trinajstić information content (AvgIpc) is 2.45. The first kappa shape index (κ1) is 16.2. The van der Waals surface area contributed by atoms with Gasteiger partial charge in [0.25, 0.3) is 0 Å². The number of nitrogens with zero attached hydrogens (tertiary/aromatic N) is 1. The predicted octanol–water partition coefficient (Wildman–Crippen LogP) is 1.13. The van der Waals surface area contributed by atoms with E-state index in [4.69, 9.17) is 15.2 Å². The standard InChI is InChI=1S/C16H26N2O3/c1-16(2)11-18(9-14(10-19)21-16)8-12-4-5-15(20-3)13(6-12)7-17/h4-6,14,19H,7-11,17H2,1-3H3. The largest absolute Gasteiger partial charge is 0.496 e. The van der Waals surface area contributed by atoms with E-state index in [1.54, 1.807) is 7.11 Å². The Morgan fingerprint density at radius 1 is 1.48 bits per heavy atom. The molecule has 5 nitrogen and oxygen atoms in total. The molecule has 1 aromatic rings. The van der Waals surface area contributed by atoms with E-state index < -0.39 is 0 Å². The van der Waals surface area contributed by atoms with E-state index in [2.05, 4.69) is 30.9 Å². The number of hydrogen-bond donors (Lipinski definition) is 2. The second-order valence-corrected chi connectivity index (χ2v) is 6.20. The molecule has 1 aliphatic heterocycles. The molecule has 0 aliphatic carbocycles. The highest BCUT2D eigenvalue weighted by molar-refractivity contribution is 5.37. The highest BCUT2D eigenvalue weighted by Gasteiger charge is 2.32. The van der Waals surface area contributed by atoms with E-state index >= 15 is 0 Å². The predicted molar refractivity (Wildman–Crippen MR) is 82.2 cm³/mol. The summed E-state index contributed by atoms with van der Waals surface area (Å²) in [6.45, 7) is 7.03. The number of hydrogen-bond acceptors (Lipinski definition) is 5. The molecule has 1 heterocycles. The molecule has 1 fully saturated rings. The van der Waals surface area contributed by atoms with Crippen molar-refractivity contribution >= 4 is 0 Å². The van der Waals surface area contributed by atoms with Gasteiger partial charge in [-0.25, -0.2) is 0 Å². The molecular formula is C16H26N2O3. The van der Waals surface area contributed by atoms with Crippen LogP contribution in [0.3, 0.4) is 0 Å². The molecule has 1 saturated heterocycles. The maximum Gasteiger partial charge on any atom is 0.123 e. The Morgan fingerprint density at radius 3 is 2.86 bits per heavy atom. The monoisotopic (exact) mass is 294 g/mol. The summed E-state index contributed by atoms with van der Waals surface area (Å²) in [6.07, 6.45) is -0.124. The highest BCUT2D eigenvalue weighted by atomic mass is 16.5. The fourth-order valence-electron chi connectivity index (χ4n) is 2.98. The van der Waals surface area contributed by atoms with Crippen molar-refractivity contribution in [3.8, 4) is 5.75 Å². The first-order chi connectivity index (χ1) is 9.97. The second-order valence-electron chi connectivity index (χ2n) is 6.20. The van der Waals surface area contributed by atoms with Gasteiger partial charge in [0.2, 0.25) is 0 Å². The van der Waals surface area contributed by atoms with E-state index in [1.165, 1.54) is 5.56 Å². The number of methoxy groups -OCH3 is 1. The molecule has 1 aliphatic rings. The van der Waals surface area contributed by atoms with Gasteiger partial charge >= 0.3 is 0 Å². The number of ether oxygens (including phenoxy) is 2. The van der Waals surface area contributed by atoms with Crippen LogP contribution in [-0.2, 0) is 17.8 Å². The van der Waals surface area contributed by atoms with Crippen LogP contribution in [0, 0.1) is 0 Å². The molecule has 5 heteroatoms. The number of morpholine rings is 1. The topological polar surface area (TPSA) is 68.0 Å². The van der Waals surface area contributed by atoms with E-state index in [0.29, 0.717) is 6.54 Å². The molecule has 0 amide bonds. The maximum atomic E-state index is 9.37. The summed E-state index contributed by atoms with van der Waals surface area (Å²) >= 11 is 0. The van der Waals surface area contributed by atoms with Gasteiger partial charge < -0.3 is 20.3 Å². The summed E-state index contributed by atoms with van der Waals surface area (Å²) in [5.41, 5.74) is 7.74. The molecule has 1 unspecified atom stereocenters. The van der Waals surface area contributed by atoms with Gasteiger partial charge in [-0.15, -0.1) is 0 Å². The van der Waals surface area contributed by atoms with Crippen LogP contribution in [-0.4, -0.2) is 48.5 Å². The van der Waals surface area contributed by atoms with Crippen LogP contribution in [0.4, 0.5) is 0 Å². The zero-order valence-corrected chi connectivity index (χ0v) is 13.1. The maximum absolute atomic E-state index is 9.37. The van der Waals surface area contributed by atoms with Crippen molar-refractivity contribution in [1.29, 1.82) is 0 Å². The third-order valence-corrected chi connectivity index (χ3v) is 3.73. The average molecular weight is 294 g/mol. The zero-order valence-electron chi connectivity index (χ0n) is 13.1. The number of aliphatic hydroxyl groups is 1. The summed E-state index contributed by atoms with van der Waals surface area (Å²) in [4.78, 5) is 2.31. The Bertz CT molecular complexity index is 477. The van der Waals surface area contributed by atoms with Crippen LogP contribution in [0.1, 0.15) is 25.0 Å². The quantitative estimate of drug-likeness (QED) is 0.852. The third kappa shape index (κ3) is 4.17. The Morgan fingerprint density at radius 2 is 2.24 bits per heavy atom. The van der Waals surface area contributed by atoms with Crippen molar-refractivity contribution in [2.75, 3.05) is 26.8 Å². The van der Waals surface area contributed by atoms with Crippen molar-refractivity contribution in [1.82, 2.24) is 4.90 Å². The molecular weight excluding hydrogens is 268 g/mol. The van der Waals surface area contributed by atoms with E-state index in [9.17, 15) is 5.11 Å². The van der Waals surface area contributed by atoms with Gasteiger partial charge in [-0.05, 0) is 31.5 Å². The third-order valence-electron chi connectivity index (χ3n) is 3.73. The second kappa shape index (κ2) is 6.75. The number of aliphatic hydroxyl groups excluding tert-OH is 1. The van der Waals surface area contributed by atoms with Gasteiger partial charge in [0.1, 0.15) is 5.75 Å². The van der Waals surface area contributed by atoms with Crippen molar-refractivity contribution in [2.24, 2.45) is 5.73 Å². The Hall–Kier alpha value is -1.14. The van der Waals surface area contributed by atoms with Crippen molar-refractivity contribution < 1.29 is 14.6 Å². The minimum Gasteiger partial charge on any atom is -0.496 e. The molecule has 3 N–H and O–H groups in total. The van der Waals surface area contributed by atoms with Crippen LogP contribution < -0.4 is 10.5 Å². The van der Waals surface area contributed by atoms with Crippen LogP contribution >= 0.6 is 0 Å². The Kier molecular flexibility index (Phi) is 5.22. The lowest BCUT2D eigenvalue weighted by Gasteiger charge is -2.42. The highest BCUT2D eigenvalue weighted by Crippen LogP contribution is 2.24. The summed E-state index contributed by atoms with van der Waals surface area (Å²) in [7, 11) is 1.66. The van der Waals surface area contributed by atoms with Crippen LogP contribution in [0.2, 0.25) is 0 Å². The van der Waals surface area contributed by atoms with Gasteiger partial charge in [0, 0.05) is 31.7 Å². The minimum absolute atomic E-state index is 0.0522. The molecule has 1 atom stereocenters. The van der Waals surface area contributed by atoms with Gasteiger partial charge in [0.05, 0.1) is 25.4 Å². The summed E-state index contributed by atoms with van der Waals surface area (Å²) in [5, 5.41) is 9.37. The lowest BCUT2D eigenvalue weighted by atomic mass is 10.0. The molecule has 2 rings (SSSR count). The van der Waals surface area contributed by atoms with Crippen molar-refractivity contribution in [2.45, 2.75) is 38.6 Å². The minimum atomic E-state index is -0.241. The zero-order chi connectivity index (χ0) is 15.5. The smallest absolute Gasteiger partial charge is 0.123 e. The van der Waals surface area contributed by atoms with Crippen LogP contribution in [0.25, 0.3) is 0 Å². The first-order valence-electron chi connectivity index (χ1n) is 7.34.